The van der Waals surface area contributed by atoms with Crippen molar-refractivity contribution < 1.29 is 4.79 Å². The van der Waals surface area contributed by atoms with Crippen molar-refractivity contribution in [3.8, 4) is 5.69 Å². The van der Waals surface area contributed by atoms with E-state index < -0.39 is 0 Å². The molecule has 0 atom stereocenters. The fourth-order valence-electron chi connectivity index (χ4n) is 2.01. The van der Waals surface area contributed by atoms with Gasteiger partial charge in [-0.3, -0.25) is 4.79 Å². The van der Waals surface area contributed by atoms with E-state index in [1.54, 1.807) is 30.9 Å². The summed E-state index contributed by atoms with van der Waals surface area (Å²) in [6.07, 6.45) is 0. The van der Waals surface area contributed by atoms with Gasteiger partial charge in [-0.15, -0.1) is 0 Å². The third-order valence-electron chi connectivity index (χ3n) is 2.92. The number of carbonyl (C=O) groups is 1. The second kappa shape index (κ2) is 4.76. The molecule has 1 aromatic heterocycles. The first-order valence-corrected chi connectivity index (χ1v) is 6.05. The maximum Gasteiger partial charge on any atom is 0.253 e. The van der Waals surface area contributed by atoms with Crippen LogP contribution in [0.1, 0.15) is 21.7 Å². The number of aromatic nitrogens is 2. The largest absolute Gasteiger partial charge is 0.397 e. The molecule has 0 aliphatic heterocycles. The van der Waals surface area contributed by atoms with Crippen LogP contribution in [0.3, 0.4) is 0 Å². The Morgan fingerprint density at radius 1 is 1.26 bits per heavy atom. The average molecular weight is 258 g/mol. The zero-order chi connectivity index (χ0) is 14.2. The standard InChI is InChI=1S/C14H18N4O/c1-9-7-10(2)18(16-9)13-6-5-11(8-12(13)15)14(19)17(3)4/h5-8H,15H2,1-4H3. The summed E-state index contributed by atoms with van der Waals surface area (Å²) >= 11 is 0. The molecule has 0 fully saturated rings. The summed E-state index contributed by atoms with van der Waals surface area (Å²) in [7, 11) is 3.43. The Labute approximate surface area is 112 Å². The molecule has 0 bridgehead atoms. The number of nitrogen functional groups attached to an aromatic ring is 1. The quantitative estimate of drug-likeness (QED) is 0.835. The molecule has 0 radical (unpaired) electrons. The zero-order valence-electron chi connectivity index (χ0n) is 11.6. The highest BCUT2D eigenvalue weighted by Crippen LogP contribution is 2.21. The lowest BCUT2D eigenvalue weighted by molar-refractivity contribution is 0.0827. The van der Waals surface area contributed by atoms with Gasteiger partial charge in [-0.25, -0.2) is 4.68 Å². The molecule has 0 spiro atoms. The third kappa shape index (κ3) is 2.45. The van der Waals surface area contributed by atoms with Gasteiger partial charge in [-0.1, -0.05) is 0 Å². The summed E-state index contributed by atoms with van der Waals surface area (Å²) in [5.41, 5.74) is 9.89. The number of amides is 1. The minimum absolute atomic E-state index is 0.0633. The molecule has 100 valence electrons. The second-order valence-electron chi connectivity index (χ2n) is 4.81. The highest BCUT2D eigenvalue weighted by atomic mass is 16.2. The van der Waals surface area contributed by atoms with E-state index in [9.17, 15) is 4.79 Å². The second-order valence-corrected chi connectivity index (χ2v) is 4.81. The van der Waals surface area contributed by atoms with Gasteiger partial charge in [0.05, 0.1) is 17.1 Å². The number of aryl methyl sites for hydroxylation is 2. The molecule has 0 aliphatic carbocycles. The van der Waals surface area contributed by atoms with Crippen molar-refractivity contribution in [3.05, 3.63) is 41.2 Å². The molecule has 2 N–H and O–H groups in total. The molecule has 0 saturated carbocycles. The van der Waals surface area contributed by atoms with E-state index in [4.69, 9.17) is 5.73 Å². The normalized spacial score (nSPS) is 10.5. The van der Waals surface area contributed by atoms with Crippen LogP contribution in [0.4, 0.5) is 5.69 Å². The predicted octanol–water partition coefficient (Wildman–Crippen LogP) is 1.77. The van der Waals surface area contributed by atoms with Crippen LogP contribution < -0.4 is 5.73 Å². The van der Waals surface area contributed by atoms with Crippen molar-refractivity contribution in [1.29, 1.82) is 0 Å². The van der Waals surface area contributed by atoms with Crippen molar-refractivity contribution in [2.24, 2.45) is 0 Å². The van der Waals surface area contributed by atoms with Crippen LogP contribution in [0.15, 0.2) is 24.3 Å². The lowest BCUT2D eigenvalue weighted by Crippen LogP contribution is -2.21. The highest BCUT2D eigenvalue weighted by molar-refractivity contribution is 5.95. The Morgan fingerprint density at radius 2 is 1.95 bits per heavy atom. The number of anilines is 1. The van der Waals surface area contributed by atoms with Gasteiger partial charge in [-0.05, 0) is 38.1 Å². The Hall–Kier alpha value is -2.30. The van der Waals surface area contributed by atoms with E-state index in [0.29, 0.717) is 11.3 Å². The topological polar surface area (TPSA) is 64.2 Å². The van der Waals surface area contributed by atoms with E-state index in [-0.39, 0.29) is 5.91 Å². The number of hydrogen-bond donors (Lipinski definition) is 1. The number of hydrogen-bond acceptors (Lipinski definition) is 3. The van der Waals surface area contributed by atoms with Gasteiger partial charge in [0.25, 0.3) is 5.91 Å². The minimum atomic E-state index is -0.0633. The van der Waals surface area contributed by atoms with Gasteiger partial charge in [-0.2, -0.15) is 5.10 Å². The van der Waals surface area contributed by atoms with E-state index in [1.165, 1.54) is 4.90 Å². The summed E-state index contributed by atoms with van der Waals surface area (Å²) in [5.74, 6) is -0.0633. The maximum atomic E-state index is 11.9. The monoisotopic (exact) mass is 258 g/mol. The summed E-state index contributed by atoms with van der Waals surface area (Å²) in [6.45, 7) is 3.90. The SMILES string of the molecule is Cc1cc(C)n(-c2ccc(C(=O)N(C)C)cc2N)n1. The summed E-state index contributed by atoms with van der Waals surface area (Å²) in [4.78, 5) is 13.4. The number of carbonyl (C=O) groups excluding carboxylic acids is 1. The van der Waals surface area contributed by atoms with Crippen LogP contribution in [0.2, 0.25) is 0 Å². The van der Waals surface area contributed by atoms with E-state index in [2.05, 4.69) is 5.10 Å². The van der Waals surface area contributed by atoms with Crippen molar-refractivity contribution in [3.63, 3.8) is 0 Å². The molecule has 5 nitrogen and oxygen atoms in total. The van der Waals surface area contributed by atoms with Crippen LogP contribution in [0.25, 0.3) is 5.69 Å². The summed E-state index contributed by atoms with van der Waals surface area (Å²) in [5, 5.41) is 4.39. The Balaban J connectivity index is 2.45. The Morgan fingerprint density at radius 3 is 2.42 bits per heavy atom. The molecular weight excluding hydrogens is 240 g/mol. The molecule has 1 aromatic carbocycles. The molecule has 2 rings (SSSR count). The number of benzene rings is 1. The average Bonchev–Trinajstić information content (AvgIpc) is 2.67. The molecule has 0 unspecified atom stereocenters. The smallest absolute Gasteiger partial charge is 0.253 e. The summed E-state index contributed by atoms with van der Waals surface area (Å²) < 4.78 is 1.79. The highest BCUT2D eigenvalue weighted by Gasteiger charge is 2.12. The first kappa shape index (κ1) is 13.1. The molecule has 5 heteroatoms. The van der Waals surface area contributed by atoms with Crippen LogP contribution in [-0.2, 0) is 0 Å². The summed E-state index contributed by atoms with van der Waals surface area (Å²) in [6, 6.07) is 7.27. The lowest BCUT2D eigenvalue weighted by atomic mass is 10.1. The van der Waals surface area contributed by atoms with E-state index in [1.807, 2.05) is 26.0 Å². The van der Waals surface area contributed by atoms with Crippen LogP contribution in [0, 0.1) is 13.8 Å². The third-order valence-corrected chi connectivity index (χ3v) is 2.92. The maximum absolute atomic E-state index is 11.9. The Bertz CT molecular complexity index is 628. The van der Waals surface area contributed by atoms with Gasteiger partial charge in [0.15, 0.2) is 0 Å². The number of rotatable bonds is 2. The number of nitrogens with zero attached hydrogens (tertiary/aromatic N) is 3. The first-order chi connectivity index (χ1) is 8.90. The fraction of sp³-hybridized carbons (Fsp3) is 0.286. The van der Waals surface area contributed by atoms with Crippen molar-refractivity contribution in [1.82, 2.24) is 14.7 Å². The van der Waals surface area contributed by atoms with Gasteiger partial charge < -0.3 is 10.6 Å². The fourth-order valence-corrected chi connectivity index (χ4v) is 2.01. The predicted molar refractivity (Wildman–Crippen MR) is 75.5 cm³/mol. The zero-order valence-corrected chi connectivity index (χ0v) is 11.6. The van der Waals surface area contributed by atoms with Crippen molar-refractivity contribution in [2.75, 3.05) is 19.8 Å². The lowest BCUT2D eigenvalue weighted by Gasteiger charge is -2.13. The molecule has 19 heavy (non-hydrogen) atoms. The van der Waals surface area contributed by atoms with Crippen LogP contribution >= 0.6 is 0 Å². The minimum Gasteiger partial charge on any atom is -0.397 e. The van der Waals surface area contributed by atoms with E-state index in [0.717, 1.165) is 17.1 Å². The molecule has 0 saturated heterocycles. The van der Waals surface area contributed by atoms with Gasteiger partial charge in [0, 0.05) is 25.4 Å². The van der Waals surface area contributed by atoms with E-state index >= 15 is 0 Å². The molecule has 1 amide bonds. The van der Waals surface area contributed by atoms with Gasteiger partial charge >= 0.3 is 0 Å². The molecule has 0 aliphatic rings. The molecule has 2 aromatic rings. The van der Waals surface area contributed by atoms with Gasteiger partial charge in [0.2, 0.25) is 0 Å². The Kier molecular flexibility index (Phi) is 3.29. The first-order valence-electron chi connectivity index (χ1n) is 6.05. The van der Waals surface area contributed by atoms with Gasteiger partial charge in [0.1, 0.15) is 0 Å². The van der Waals surface area contributed by atoms with Crippen LogP contribution in [0.5, 0.6) is 0 Å². The van der Waals surface area contributed by atoms with Crippen molar-refractivity contribution >= 4 is 11.6 Å². The number of nitrogens with two attached hydrogens (primary N) is 1. The van der Waals surface area contributed by atoms with Crippen molar-refractivity contribution in [2.45, 2.75) is 13.8 Å². The molecular formula is C14H18N4O. The molecule has 1 heterocycles. The van der Waals surface area contributed by atoms with Crippen LogP contribution in [-0.4, -0.2) is 34.7 Å².